The predicted molar refractivity (Wildman–Crippen MR) is 58.7 cm³/mol. The fraction of sp³-hybridized carbons (Fsp3) is 0.700. The van der Waals surface area contributed by atoms with Crippen molar-refractivity contribution in [2.24, 2.45) is 0 Å². The number of hydrogen-bond donors (Lipinski definition) is 1. The Kier molecular flexibility index (Phi) is 4.42. The van der Waals surface area contributed by atoms with Crippen molar-refractivity contribution in [3.05, 3.63) is 0 Å². The molecule has 1 unspecified atom stereocenters. The number of esters is 1. The van der Waals surface area contributed by atoms with E-state index < -0.39 is 6.04 Å². The Morgan fingerprint density at radius 1 is 1.62 bits per heavy atom. The van der Waals surface area contributed by atoms with E-state index >= 15 is 0 Å². The van der Waals surface area contributed by atoms with Gasteiger partial charge in [-0.2, -0.15) is 4.79 Å². The molecule has 16 heavy (non-hydrogen) atoms. The number of ether oxygens (including phenoxy) is 1. The number of rotatable bonds is 2. The Hall–Kier alpha value is -1.43. The first-order valence-corrected chi connectivity index (χ1v) is 5.29. The number of carbonyl (C=O) groups excluding carboxylic acids is 2. The van der Waals surface area contributed by atoms with Gasteiger partial charge in [0.1, 0.15) is 19.1 Å². The van der Waals surface area contributed by atoms with Crippen LogP contribution in [0.1, 0.15) is 6.92 Å². The van der Waals surface area contributed by atoms with E-state index in [1.54, 1.807) is 18.9 Å². The van der Waals surface area contributed by atoms with Crippen LogP contribution in [-0.2, 0) is 9.53 Å². The Bertz CT molecular complexity index is 304. The normalized spacial score (nSPS) is 20.4. The van der Waals surface area contributed by atoms with Crippen molar-refractivity contribution in [1.82, 2.24) is 10.2 Å². The number of amides is 2. The van der Waals surface area contributed by atoms with Crippen molar-refractivity contribution >= 4 is 18.7 Å². The summed E-state index contributed by atoms with van der Waals surface area (Å²) >= 11 is 0. The molecule has 1 heterocycles. The summed E-state index contributed by atoms with van der Waals surface area (Å²) in [5, 5.41) is 3.02. The van der Waals surface area contributed by atoms with Gasteiger partial charge in [-0.05, 0) is 6.92 Å². The predicted octanol–water partition coefficient (Wildman–Crippen LogP) is -0.714. The third kappa shape index (κ3) is 3.03. The van der Waals surface area contributed by atoms with Gasteiger partial charge in [0.2, 0.25) is 0 Å². The molecule has 2 amide bonds. The molecule has 1 aliphatic rings. The minimum absolute atomic E-state index is 0.184. The third-order valence-electron chi connectivity index (χ3n) is 2.34. The number of nitrogens with one attached hydrogen (secondary N) is 1. The zero-order valence-corrected chi connectivity index (χ0v) is 9.73. The van der Waals surface area contributed by atoms with Gasteiger partial charge in [0.05, 0.1) is 20.4 Å². The highest BCUT2D eigenvalue weighted by Gasteiger charge is 2.34. The Balaban J connectivity index is 2.56. The number of piperazine rings is 1. The van der Waals surface area contributed by atoms with Gasteiger partial charge in [0.15, 0.2) is 0 Å². The SMILES string of the molecule is C=[N+](C)C(=O)N1CCNC(C(=O)OCC)C1. The highest BCUT2D eigenvalue weighted by molar-refractivity contribution is 5.77. The average molecular weight is 228 g/mol. The van der Waals surface area contributed by atoms with Crippen LogP contribution >= 0.6 is 0 Å². The molecule has 0 aromatic carbocycles. The molecule has 1 aliphatic heterocycles. The van der Waals surface area contributed by atoms with Crippen LogP contribution in [-0.4, -0.2) is 67.5 Å². The molecular formula is C10H18N3O3+. The van der Waals surface area contributed by atoms with Crippen molar-refractivity contribution in [2.45, 2.75) is 13.0 Å². The van der Waals surface area contributed by atoms with Crippen LogP contribution in [0, 0.1) is 0 Å². The quantitative estimate of drug-likeness (QED) is 0.385. The maximum absolute atomic E-state index is 11.6. The second kappa shape index (κ2) is 5.60. The topological polar surface area (TPSA) is 61.7 Å². The number of nitrogens with zero attached hydrogens (tertiary/aromatic N) is 2. The Labute approximate surface area is 94.9 Å². The first-order valence-electron chi connectivity index (χ1n) is 5.29. The van der Waals surface area contributed by atoms with Crippen LogP contribution in [0.3, 0.4) is 0 Å². The molecule has 1 saturated heterocycles. The van der Waals surface area contributed by atoms with Gasteiger partial charge >= 0.3 is 12.0 Å². The number of hydrogen-bond acceptors (Lipinski definition) is 4. The number of urea groups is 1. The van der Waals surface area contributed by atoms with Gasteiger partial charge in [-0.3, -0.25) is 10.1 Å². The van der Waals surface area contributed by atoms with E-state index in [-0.39, 0.29) is 12.0 Å². The first-order chi connectivity index (χ1) is 7.56. The molecule has 0 radical (unpaired) electrons. The average Bonchev–Trinajstić information content (AvgIpc) is 2.28. The van der Waals surface area contributed by atoms with Crippen molar-refractivity contribution < 1.29 is 18.9 Å². The second-order valence-electron chi connectivity index (χ2n) is 3.69. The molecule has 0 aromatic rings. The lowest BCUT2D eigenvalue weighted by Crippen LogP contribution is -2.57. The standard InChI is InChI=1S/C10H18N3O3/c1-4-16-9(14)8-7-13(6-5-11-8)10(15)12(2)3/h8,11H,2,4-7H2,1,3H3/q+1. The van der Waals surface area contributed by atoms with Crippen LogP contribution in [0.4, 0.5) is 4.79 Å². The van der Waals surface area contributed by atoms with Crippen LogP contribution in [0.15, 0.2) is 0 Å². The summed E-state index contributed by atoms with van der Waals surface area (Å²) in [5.41, 5.74) is 0. The van der Waals surface area contributed by atoms with Crippen molar-refractivity contribution in [3.8, 4) is 0 Å². The fourth-order valence-electron chi connectivity index (χ4n) is 1.57. The van der Waals surface area contributed by atoms with Crippen molar-refractivity contribution in [2.75, 3.05) is 33.3 Å². The van der Waals surface area contributed by atoms with E-state index in [4.69, 9.17) is 4.74 Å². The largest absolute Gasteiger partial charge is 0.492 e. The highest BCUT2D eigenvalue weighted by atomic mass is 16.5. The fourth-order valence-corrected chi connectivity index (χ4v) is 1.57. The van der Waals surface area contributed by atoms with E-state index in [0.29, 0.717) is 26.2 Å². The summed E-state index contributed by atoms with van der Waals surface area (Å²) < 4.78 is 6.16. The van der Waals surface area contributed by atoms with E-state index in [1.165, 1.54) is 4.58 Å². The molecule has 90 valence electrons. The molecule has 1 fully saturated rings. The number of carbonyl (C=O) groups is 2. The van der Waals surface area contributed by atoms with Gasteiger partial charge in [0.25, 0.3) is 0 Å². The summed E-state index contributed by atoms with van der Waals surface area (Å²) in [6.07, 6.45) is 0. The van der Waals surface area contributed by atoms with E-state index in [1.807, 2.05) is 0 Å². The lowest BCUT2D eigenvalue weighted by Gasteiger charge is -2.26. The third-order valence-corrected chi connectivity index (χ3v) is 2.34. The van der Waals surface area contributed by atoms with Gasteiger partial charge < -0.3 is 4.74 Å². The smallest absolute Gasteiger partial charge is 0.465 e. The minimum atomic E-state index is -0.433. The van der Waals surface area contributed by atoms with Gasteiger partial charge in [-0.1, -0.05) is 0 Å². The summed E-state index contributed by atoms with van der Waals surface area (Å²) in [6, 6.07) is -0.617. The van der Waals surface area contributed by atoms with E-state index in [9.17, 15) is 9.59 Å². The lowest BCUT2D eigenvalue weighted by molar-refractivity contribution is -0.394. The van der Waals surface area contributed by atoms with Crippen molar-refractivity contribution in [1.29, 1.82) is 0 Å². The van der Waals surface area contributed by atoms with Crippen LogP contribution in [0.2, 0.25) is 0 Å². The first kappa shape index (κ1) is 12.6. The molecule has 0 saturated carbocycles. The monoisotopic (exact) mass is 228 g/mol. The summed E-state index contributed by atoms with van der Waals surface area (Å²) in [6.45, 7) is 7.13. The van der Waals surface area contributed by atoms with Crippen LogP contribution in [0.25, 0.3) is 0 Å². The van der Waals surface area contributed by atoms with Crippen LogP contribution < -0.4 is 5.32 Å². The Morgan fingerprint density at radius 3 is 2.88 bits per heavy atom. The van der Waals surface area contributed by atoms with E-state index in [0.717, 1.165) is 0 Å². The highest BCUT2D eigenvalue weighted by Crippen LogP contribution is 2.02. The zero-order chi connectivity index (χ0) is 12.1. The zero-order valence-electron chi connectivity index (χ0n) is 9.73. The minimum Gasteiger partial charge on any atom is -0.465 e. The maximum Gasteiger partial charge on any atom is 0.492 e. The molecule has 1 atom stereocenters. The maximum atomic E-state index is 11.6. The molecule has 1 rings (SSSR count). The summed E-state index contributed by atoms with van der Waals surface area (Å²) in [7, 11) is 1.59. The van der Waals surface area contributed by atoms with Crippen LogP contribution in [0.5, 0.6) is 0 Å². The van der Waals surface area contributed by atoms with Gasteiger partial charge in [-0.25, -0.2) is 9.48 Å². The van der Waals surface area contributed by atoms with Gasteiger partial charge in [0, 0.05) is 6.54 Å². The van der Waals surface area contributed by atoms with E-state index in [2.05, 4.69) is 12.0 Å². The second-order valence-corrected chi connectivity index (χ2v) is 3.69. The molecular weight excluding hydrogens is 210 g/mol. The van der Waals surface area contributed by atoms with Gasteiger partial charge in [-0.15, -0.1) is 0 Å². The molecule has 6 nitrogen and oxygen atoms in total. The summed E-state index contributed by atoms with van der Waals surface area (Å²) in [4.78, 5) is 24.7. The molecule has 0 aliphatic carbocycles. The molecule has 1 N–H and O–H groups in total. The molecule has 0 bridgehead atoms. The summed E-state index contributed by atoms with van der Waals surface area (Å²) in [5.74, 6) is -0.313. The Morgan fingerprint density at radius 2 is 2.31 bits per heavy atom. The lowest BCUT2D eigenvalue weighted by atomic mass is 10.2. The molecule has 0 spiro atoms. The molecule has 0 aromatic heterocycles. The molecule has 6 heteroatoms. The van der Waals surface area contributed by atoms with Crippen molar-refractivity contribution in [3.63, 3.8) is 0 Å².